The summed E-state index contributed by atoms with van der Waals surface area (Å²) in [7, 11) is 10.9. The number of likely N-dealkylation sites (tertiary alicyclic amines) is 1. The Bertz CT molecular complexity index is 3440. The second-order valence-electron chi connectivity index (χ2n) is 28.4. The number of piperidine rings is 1. The molecule has 2 aliphatic rings. The molecular weight excluding hydrogens is 1420 g/mol. The number of likely N-dealkylation sites (N-methyl/N-ethyl adjacent to an activating group) is 7. The molecule has 5 rings (SSSR count). The number of nitrogens with one attached hydrogen (secondary N) is 4. The lowest BCUT2D eigenvalue weighted by Gasteiger charge is -2.40. The SMILES string of the molecule is CC[C@H](C)[C@@H]1NC(=O)[C@H](CC(C)C)N(C)C(=O)C[C@@H](C(=O)N2CCC(F)(F)CC2)N(C)C(=O)[C@H](CC(C)C)NC(=O)C(C)(C)N(C)C(=O)[C@H](Cc2ccc(OC)cc2)NC(=O)[C@H](Cc2cccc(I)c2)NC(=O)CN(C)C(=O)[C@H](Cc2ccc(C)cc2)N(C)C(=O)CN(C)C(=O)CN(C)C1=O. The Kier molecular flexibility index (Phi) is 30.6. The molecule has 25 nitrogen and oxygen atoms in total. The van der Waals surface area contributed by atoms with Crippen LogP contribution in [-0.2, 0) is 76.8 Å². The predicted molar refractivity (Wildman–Crippen MR) is 385 cm³/mol. The molecule has 0 bridgehead atoms. The number of alkyl halides is 2. The molecule has 2 aliphatic heterocycles. The first-order valence-corrected chi connectivity index (χ1v) is 35.4. The lowest BCUT2D eigenvalue weighted by molar-refractivity contribution is -0.154. The third-order valence-corrected chi connectivity index (χ3v) is 19.8. The van der Waals surface area contributed by atoms with E-state index in [0.29, 0.717) is 28.9 Å². The maximum absolute atomic E-state index is 15.3. The summed E-state index contributed by atoms with van der Waals surface area (Å²) in [6.07, 6.45) is -2.10. The van der Waals surface area contributed by atoms with E-state index >= 15 is 19.2 Å². The summed E-state index contributed by atoms with van der Waals surface area (Å²) in [6.45, 7) is 12.8. The number of halogens is 3. The second-order valence-corrected chi connectivity index (χ2v) is 29.6. The molecule has 3 aromatic carbocycles. The summed E-state index contributed by atoms with van der Waals surface area (Å²) >= 11 is 2.11. The molecule has 2 saturated heterocycles. The van der Waals surface area contributed by atoms with Crippen LogP contribution >= 0.6 is 22.6 Å². The van der Waals surface area contributed by atoms with E-state index in [1.807, 2.05) is 25.1 Å². The summed E-state index contributed by atoms with van der Waals surface area (Å²) in [6, 6.07) is 11.3. The topological polar surface area (TPSA) is 288 Å². The van der Waals surface area contributed by atoms with E-state index in [1.165, 1.54) is 75.2 Å². The number of amides is 12. The molecule has 0 aromatic heterocycles. The standard InChI is InChI=1S/C73H105F2IN12O13/c1-18-47(7)63-70(99)83(12)42-61(91)81(10)43-62(92)85(14)57(39-49-24-22-46(6)23-25-49)68(97)82(11)41-59(89)77-53(38-50-20-19-21-51(76)36-50)64(93)78-55(37-48-26-28-52(101-17)29-27-48)67(96)87(16)72(8,9)71(100)79-54(34-44(2)3)66(95)86(15)58(69(98)88-32-30-73(74,75)31-33-88)40-60(90)84(13)56(35-45(4)5)65(94)80-63/h19-29,36,44-45,47,53-58,63H,18,30-35,37-43H2,1-17H3,(H,77,89)(H,78,93)(H,79,100)(H,80,94)/t47-,53-,54-,55-,56-,57-,58-,63-/m0/s1. The molecule has 12 amide bonds. The fourth-order valence-electron chi connectivity index (χ4n) is 12.0. The molecule has 0 radical (unpaired) electrons. The van der Waals surface area contributed by atoms with Gasteiger partial charge < -0.3 is 65.2 Å². The smallest absolute Gasteiger partial charge is 0.251 e. The van der Waals surface area contributed by atoms with Crippen LogP contribution in [0.15, 0.2) is 72.8 Å². The predicted octanol–water partition coefficient (Wildman–Crippen LogP) is 4.47. The van der Waals surface area contributed by atoms with Crippen molar-refractivity contribution in [3.05, 3.63) is 98.6 Å². The highest BCUT2D eigenvalue weighted by Crippen LogP contribution is 2.30. The molecular formula is C73H105F2IN12O13. The van der Waals surface area contributed by atoms with Crippen molar-refractivity contribution in [3.63, 3.8) is 0 Å². The largest absolute Gasteiger partial charge is 0.497 e. The number of rotatable bonds is 14. The number of hydrogen-bond donors (Lipinski definition) is 4. The third-order valence-electron chi connectivity index (χ3n) is 19.1. The Morgan fingerprint density at radius 1 is 0.584 bits per heavy atom. The first-order chi connectivity index (χ1) is 47.2. The molecule has 556 valence electrons. The van der Waals surface area contributed by atoms with Crippen molar-refractivity contribution in [3.8, 4) is 5.75 Å². The van der Waals surface area contributed by atoms with Gasteiger partial charge in [0, 0.05) is 98.1 Å². The molecule has 28 heteroatoms. The van der Waals surface area contributed by atoms with Crippen LogP contribution in [0.4, 0.5) is 8.78 Å². The molecule has 2 heterocycles. The molecule has 4 N–H and O–H groups in total. The molecule has 0 aliphatic carbocycles. The van der Waals surface area contributed by atoms with Crippen molar-refractivity contribution < 1.29 is 71.1 Å². The summed E-state index contributed by atoms with van der Waals surface area (Å²) in [5, 5.41) is 11.3. The van der Waals surface area contributed by atoms with Gasteiger partial charge in [-0.05, 0) is 115 Å². The van der Waals surface area contributed by atoms with Crippen molar-refractivity contribution >= 4 is 93.5 Å². The number of methoxy groups -OCH3 is 1. The quantitative estimate of drug-likeness (QED) is 0.162. The highest BCUT2D eigenvalue weighted by Gasteiger charge is 2.46. The summed E-state index contributed by atoms with van der Waals surface area (Å²) in [5.41, 5.74) is 0.911. The lowest BCUT2D eigenvalue weighted by Crippen LogP contribution is -2.64. The molecule has 0 spiro atoms. The number of nitrogens with zero attached hydrogens (tertiary/aromatic N) is 8. The summed E-state index contributed by atoms with van der Waals surface area (Å²) in [4.78, 5) is 187. The summed E-state index contributed by atoms with van der Waals surface area (Å²) in [5.74, 6) is -13.0. The molecule has 3 aromatic rings. The zero-order valence-electron chi connectivity index (χ0n) is 61.6. The van der Waals surface area contributed by atoms with Crippen LogP contribution in [0.5, 0.6) is 5.75 Å². The van der Waals surface area contributed by atoms with Crippen LogP contribution in [-0.4, -0.2) is 253 Å². The van der Waals surface area contributed by atoms with Gasteiger partial charge in [0.1, 0.15) is 53.6 Å². The molecule has 2 fully saturated rings. The van der Waals surface area contributed by atoms with Gasteiger partial charge in [0.25, 0.3) is 5.92 Å². The van der Waals surface area contributed by atoms with Gasteiger partial charge in [-0.15, -0.1) is 0 Å². The average molecular weight is 1520 g/mol. The Labute approximate surface area is 607 Å². The zero-order chi connectivity index (χ0) is 75.7. The van der Waals surface area contributed by atoms with Gasteiger partial charge in [0.15, 0.2) is 0 Å². The average Bonchev–Trinajstić information content (AvgIpc) is 0.828. The number of carbonyl (C=O) groups excluding carboxylic acids is 12. The van der Waals surface area contributed by atoms with Crippen LogP contribution in [0.1, 0.15) is 116 Å². The Balaban J connectivity index is 1.66. The molecule has 0 saturated carbocycles. The van der Waals surface area contributed by atoms with Crippen molar-refractivity contribution in [1.29, 1.82) is 0 Å². The zero-order valence-corrected chi connectivity index (χ0v) is 63.8. The van der Waals surface area contributed by atoms with E-state index in [-0.39, 0.29) is 43.9 Å². The van der Waals surface area contributed by atoms with Crippen LogP contribution in [0.2, 0.25) is 0 Å². The van der Waals surface area contributed by atoms with Gasteiger partial charge in [0.05, 0.1) is 33.2 Å². The molecule has 0 unspecified atom stereocenters. The lowest BCUT2D eigenvalue weighted by atomic mass is 9.95. The van der Waals surface area contributed by atoms with E-state index in [9.17, 15) is 47.1 Å². The fraction of sp³-hybridized carbons (Fsp3) is 0.589. The minimum absolute atomic E-state index is 0.0280. The van der Waals surface area contributed by atoms with Gasteiger partial charge in [-0.25, -0.2) is 8.78 Å². The van der Waals surface area contributed by atoms with Gasteiger partial charge in [0.2, 0.25) is 70.9 Å². The first kappa shape index (κ1) is 83.4. The maximum atomic E-state index is 15.3. The van der Waals surface area contributed by atoms with Crippen molar-refractivity contribution in [1.82, 2.24) is 60.5 Å². The van der Waals surface area contributed by atoms with Gasteiger partial charge in [-0.2, -0.15) is 0 Å². The maximum Gasteiger partial charge on any atom is 0.251 e. The highest BCUT2D eigenvalue weighted by atomic mass is 127. The monoisotopic (exact) mass is 1520 g/mol. The van der Waals surface area contributed by atoms with Gasteiger partial charge in [-0.3, -0.25) is 57.5 Å². The summed E-state index contributed by atoms with van der Waals surface area (Å²) < 4.78 is 35.6. The highest BCUT2D eigenvalue weighted by molar-refractivity contribution is 14.1. The van der Waals surface area contributed by atoms with Gasteiger partial charge >= 0.3 is 0 Å². The van der Waals surface area contributed by atoms with E-state index in [2.05, 4.69) is 43.9 Å². The Hall–Kier alpha value is -8.31. The number of hydrogen-bond acceptors (Lipinski definition) is 13. The van der Waals surface area contributed by atoms with Crippen LogP contribution in [0.25, 0.3) is 0 Å². The first-order valence-electron chi connectivity index (χ1n) is 34.3. The third kappa shape index (κ3) is 23.4. The van der Waals surface area contributed by atoms with E-state index in [4.69, 9.17) is 4.74 Å². The van der Waals surface area contributed by atoms with Crippen LogP contribution < -0.4 is 26.0 Å². The Morgan fingerprint density at radius 2 is 1.14 bits per heavy atom. The number of aryl methyl sites for hydroxylation is 1. The minimum atomic E-state index is -3.09. The number of carbonyl (C=O) groups is 12. The van der Waals surface area contributed by atoms with Crippen LogP contribution in [0.3, 0.4) is 0 Å². The number of benzene rings is 3. The van der Waals surface area contributed by atoms with Gasteiger partial charge in [-0.1, -0.05) is 102 Å². The van der Waals surface area contributed by atoms with Crippen molar-refractivity contribution in [2.24, 2.45) is 17.8 Å². The normalized spacial score (nSPS) is 23.6. The van der Waals surface area contributed by atoms with Crippen molar-refractivity contribution in [2.45, 2.75) is 174 Å². The Morgan fingerprint density at radius 3 is 1.71 bits per heavy atom. The van der Waals surface area contributed by atoms with E-state index < -0.39 is 183 Å². The molecule has 8 atom stereocenters. The van der Waals surface area contributed by atoms with E-state index in [1.54, 1.807) is 96.1 Å². The van der Waals surface area contributed by atoms with E-state index in [0.717, 1.165) is 43.4 Å². The minimum Gasteiger partial charge on any atom is -0.497 e. The molecule has 101 heavy (non-hydrogen) atoms. The van der Waals surface area contributed by atoms with Crippen LogP contribution in [0, 0.1) is 28.2 Å². The fourth-order valence-corrected chi connectivity index (χ4v) is 12.6. The number of ether oxygens (including phenoxy) is 1. The second kappa shape index (κ2) is 37.0. The van der Waals surface area contributed by atoms with Crippen molar-refractivity contribution in [2.75, 3.05) is 89.2 Å².